The van der Waals surface area contributed by atoms with Gasteiger partial charge in [-0.25, -0.2) is 4.39 Å². The van der Waals surface area contributed by atoms with Gasteiger partial charge in [0, 0.05) is 21.4 Å². The Bertz CT molecular complexity index is 398. The molecule has 1 nitrogen and oxygen atoms in total. The van der Waals surface area contributed by atoms with Gasteiger partial charge in [-0.2, -0.15) is 0 Å². The fourth-order valence-electron chi connectivity index (χ4n) is 0.912. The Labute approximate surface area is 75.0 Å². The van der Waals surface area contributed by atoms with Crippen LogP contribution in [0, 0.1) is 5.82 Å². The first-order valence-electron chi connectivity index (χ1n) is 2.95. The molecule has 0 radical (unpaired) electrons. The Balaban J connectivity index is 2.96. The van der Waals surface area contributed by atoms with Gasteiger partial charge in [-0.05, 0) is 15.9 Å². The predicted molar refractivity (Wildman–Crippen MR) is 47.3 cm³/mol. The van der Waals surface area contributed by atoms with Crippen LogP contribution in [-0.4, -0.2) is 4.98 Å². The van der Waals surface area contributed by atoms with Crippen LogP contribution < -0.4 is 0 Å². The van der Waals surface area contributed by atoms with Crippen molar-refractivity contribution in [1.82, 2.24) is 4.98 Å². The highest BCUT2D eigenvalue weighted by atomic mass is 79.9. The summed E-state index contributed by atoms with van der Waals surface area (Å²) in [5, 5.41) is 2.49. The van der Waals surface area contributed by atoms with Gasteiger partial charge in [-0.15, -0.1) is 11.3 Å². The molecule has 0 atom stereocenters. The zero-order valence-corrected chi connectivity index (χ0v) is 7.75. The van der Waals surface area contributed by atoms with Crippen molar-refractivity contribution in [2.45, 2.75) is 0 Å². The lowest BCUT2D eigenvalue weighted by atomic mass is 10.3. The van der Waals surface area contributed by atoms with Crippen LogP contribution >= 0.6 is 27.3 Å². The topological polar surface area (TPSA) is 12.9 Å². The number of fused-ring (bicyclic) bond motifs is 1. The highest BCUT2D eigenvalue weighted by Gasteiger charge is 2.05. The SMILES string of the molecule is Fc1cncc2scc(Br)c12. The molecule has 2 aromatic rings. The molecule has 0 aromatic carbocycles. The second kappa shape index (κ2) is 2.53. The third kappa shape index (κ3) is 1.06. The van der Waals surface area contributed by atoms with E-state index in [2.05, 4.69) is 20.9 Å². The van der Waals surface area contributed by atoms with E-state index in [9.17, 15) is 4.39 Å². The average molecular weight is 232 g/mol. The first kappa shape index (κ1) is 7.18. The van der Waals surface area contributed by atoms with Crippen LogP contribution in [0.2, 0.25) is 0 Å². The zero-order valence-electron chi connectivity index (χ0n) is 5.34. The monoisotopic (exact) mass is 231 g/mol. The smallest absolute Gasteiger partial charge is 0.151 e. The number of halogens is 2. The van der Waals surface area contributed by atoms with Gasteiger partial charge in [0.2, 0.25) is 0 Å². The van der Waals surface area contributed by atoms with Gasteiger partial charge in [0.15, 0.2) is 5.82 Å². The van der Waals surface area contributed by atoms with Gasteiger partial charge in [-0.3, -0.25) is 4.98 Å². The highest BCUT2D eigenvalue weighted by Crippen LogP contribution is 2.30. The molecule has 2 rings (SSSR count). The van der Waals surface area contributed by atoms with Gasteiger partial charge in [0.05, 0.1) is 10.9 Å². The van der Waals surface area contributed by atoms with Crippen LogP contribution in [0.4, 0.5) is 4.39 Å². The standard InChI is InChI=1S/C7H3BrFNS/c8-4-3-11-6-2-10-1-5(9)7(4)6/h1-3H. The Morgan fingerprint density at radius 2 is 2.27 bits per heavy atom. The lowest BCUT2D eigenvalue weighted by molar-refractivity contribution is 0.634. The minimum atomic E-state index is -0.268. The minimum absolute atomic E-state index is 0.268. The lowest BCUT2D eigenvalue weighted by Crippen LogP contribution is -1.76. The Hall–Kier alpha value is -0.480. The summed E-state index contributed by atoms with van der Waals surface area (Å²) in [5.41, 5.74) is 0. The second-order valence-electron chi connectivity index (χ2n) is 2.08. The third-order valence-electron chi connectivity index (χ3n) is 1.39. The van der Waals surface area contributed by atoms with Crippen molar-refractivity contribution in [2.75, 3.05) is 0 Å². The van der Waals surface area contributed by atoms with Crippen LogP contribution in [0.3, 0.4) is 0 Å². The van der Waals surface area contributed by atoms with Crippen LogP contribution in [-0.2, 0) is 0 Å². The number of aromatic nitrogens is 1. The summed E-state index contributed by atoms with van der Waals surface area (Å²) in [6.45, 7) is 0. The summed E-state index contributed by atoms with van der Waals surface area (Å²) in [7, 11) is 0. The molecule has 0 N–H and O–H groups in total. The molecule has 2 aromatic heterocycles. The van der Waals surface area contributed by atoms with Gasteiger partial charge in [0.1, 0.15) is 0 Å². The summed E-state index contributed by atoms with van der Waals surface area (Å²) in [6, 6.07) is 0. The molecule has 0 aliphatic heterocycles. The van der Waals surface area contributed by atoms with Crippen LogP contribution in [0.25, 0.3) is 10.1 Å². The maximum absolute atomic E-state index is 13.0. The molecular weight excluding hydrogens is 229 g/mol. The lowest BCUT2D eigenvalue weighted by Gasteiger charge is -1.90. The van der Waals surface area contributed by atoms with E-state index in [4.69, 9.17) is 0 Å². The fourth-order valence-corrected chi connectivity index (χ4v) is 2.52. The Morgan fingerprint density at radius 1 is 1.45 bits per heavy atom. The highest BCUT2D eigenvalue weighted by molar-refractivity contribution is 9.10. The average Bonchev–Trinajstić information content (AvgIpc) is 2.34. The normalized spacial score (nSPS) is 10.7. The summed E-state index contributed by atoms with van der Waals surface area (Å²) in [6.07, 6.45) is 2.88. The van der Waals surface area contributed by atoms with Crippen molar-refractivity contribution in [2.24, 2.45) is 0 Å². The molecule has 0 saturated carbocycles. The Morgan fingerprint density at radius 3 is 3.00 bits per heavy atom. The molecule has 56 valence electrons. The van der Waals surface area contributed by atoms with Gasteiger partial charge < -0.3 is 0 Å². The maximum Gasteiger partial charge on any atom is 0.151 e. The maximum atomic E-state index is 13.0. The molecule has 0 bridgehead atoms. The number of thiophene rings is 1. The van der Waals surface area contributed by atoms with E-state index < -0.39 is 0 Å². The molecule has 0 saturated heterocycles. The quantitative estimate of drug-likeness (QED) is 0.679. The third-order valence-corrected chi connectivity index (χ3v) is 3.24. The van der Waals surface area contributed by atoms with E-state index in [0.29, 0.717) is 5.39 Å². The van der Waals surface area contributed by atoms with E-state index in [-0.39, 0.29) is 5.82 Å². The zero-order chi connectivity index (χ0) is 7.84. The van der Waals surface area contributed by atoms with Crippen molar-refractivity contribution in [3.05, 3.63) is 28.1 Å². The fraction of sp³-hybridized carbons (Fsp3) is 0. The minimum Gasteiger partial charge on any atom is -0.260 e. The van der Waals surface area contributed by atoms with Crippen molar-refractivity contribution in [3.8, 4) is 0 Å². The predicted octanol–water partition coefficient (Wildman–Crippen LogP) is 3.20. The largest absolute Gasteiger partial charge is 0.260 e. The summed E-state index contributed by atoms with van der Waals surface area (Å²) >= 11 is 4.74. The van der Waals surface area contributed by atoms with E-state index >= 15 is 0 Å². The number of pyridine rings is 1. The van der Waals surface area contributed by atoms with Gasteiger partial charge >= 0.3 is 0 Å². The molecule has 11 heavy (non-hydrogen) atoms. The van der Waals surface area contributed by atoms with E-state index in [1.807, 2.05) is 5.38 Å². The number of nitrogens with zero attached hydrogens (tertiary/aromatic N) is 1. The van der Waals surface area contributed by atoms with Crippen molar-refractivity contribution in [3.63, 3.8) is 0 Å². The molecule has 0 aliphatic rings. The first-order valence-corrected chi connectivity index (χ1v) is 4.62. The van der Waals surface area contributed by atoms with Crippen molar-refractivity contribution < 1.29 is 4.39 Å². The van der Waals surface area contributed by atoms with Crippen molar-refractivity contribution >= 4 is 37.4 Å². The molecule has 0 spiro atoms. The van der Waals surface area contributed by atoms with E-state index in [1.54, 1.807) is 6.20 Å². The van der Waals surface area contributed by atoms with E-state index in [1.165, 1.54) is 17.5 Å². The summed E-state index contributed by atoms with van der Waals surface area (Å²) < 4.78 is 14.7. The number of hydrogen-bond acceptors (Lipinski definition) is 2. The number of hydrogen-bond donors (Lipinski definition) is 0. The molecule has 0 unspecified atom stereocenters. The second-order valence-corrected chi connectivity index (χ2v) is 3.84. The first-order chi connectivity index (χ1) is 5.29. The van der Waals surface area contributed by atoms with Crippen LogP contribution in [0.15, 0.2) is 22.2 Å². The molecule has 0 amide bonds. The van der Waals surface area contributed by atoms with Crippen LogP contribution in [0.5, 0.6) is 0 Å². The van der Waals surface area contributed by atoms with Crippen LogP contribution in [0.1, 0.15) is 0 Å². The molecule has 4 heteroatoms. The van der Waals surface area contributed by atoms with E-state index in [0.717, 1.165) is 9.17 Å². The molecule has 0 aliphatic carbocycles. The molecule has 2 heterocycles. The van der Waals surface area contributed by atoms with Gasteiger partial charge in [-0.1, -0.05) is 0 Å². The molecular formula is C7H3BrFNS. The van der Waals surface area contributed by atoms with Crippen molar-refractivity contribution in [1.29, 1.82) is 0 Å². The van der Waals surface area contributed by atoms with Gasteiger partial charge in [0.25, 0.3) is 0 Å². The molecule has 0 fully saturated rings. The number of rotatable bonds is 0. The Kier molecular flexibility index (Phi) is 1.65. The summed E-state index contributed by atoms with van der Waals surface area (Å²) in [4.78, 5) is 3.74. The summed E-state index contributed by atoms with van der Waals surface area (Å²) in [5.74, 6) is -0.268.